The Morgan fingerprint density at radius 1 is 1.42 bits per heavy atom. The summed E-state index contributed by atoms with van der Waals surface area (Å²) < 4.78 is 18.6. The number of amides is 4. The average molecular weight is 451 g/mol. The maximum atomic E-state index is 13.2. The van der Waals surface area contributed by atoms with Crippen molar-refractivity contribution in [3.8, 4) is 0 Å². The lowest BCUT2D eigenvalue weighted by Gasteiger charge is -2.32. The Kier molecular flexibility index (Phi) is 7.36. The van der Waals surface area contributed by atoms with Crippen LogP contribution in [-0.4, -0.2) is 70.8 Å². The molecule has 1 saturated heterocycles. The first kappa shape index (κ1) is 22.4. The van der Waals surface area contributed by atoms with Gasteiger partial charge in [-0.25, -0.2) is 19.0 Å². The molecule has 0 spiro atoms. The molecule has 1 aliphatic rings. The Balaban J connectivity index is 1.48. The average Bonchev–Trinajstić information content (AvgIpc) is 3.18. The highest BCUT2D eigenvalue weighted by Gasteiger charge is 2.31. The Morgan fingerprint density at radius 2 is 2.23 bits per heavy atom. The standard InChI is InChI=1S/C19H22FN5O5S/c1-24(16(26)15-10-25(19(28)29)5-6-30-15)9-14-11-31-18(22-14)23-17(27)21-8-12-3-2-4-13(20)7-12/h2-4,7,11,15H,5-6,8-10H2,1H3,(H,28,29)(H2,21,22,23,27). The first-order valence-corrected chi connectivity index (χ1v) is 10.3. The molecule has 0 radical (unpaired) electrons. The number of aromatic nitrogens is 1. The monoisotopic (exact) mass is 451 g/mol. The summed E-state index contributed by atoms with van der Waals surface area (Å²) >= 11 is 1.20. The molecule has 1 fully saturated rings. The fourth-order valence-corrected chi connectivity index (χ4v) is 3.64. The van der Waals surface area contributed by atoms with E-state index in [4.69, 9.17) is 9.84 Å². The van der Waals surface area contributed by atoms with E-state index in [1.807, 2.05) is 0 Å². The van der Waals surface area contributed by atoms with Gasteiger partial charge in [-0.3, -0.25) is 10.1 Å². The van der Waals surface area contributed by atoms with Gasteiger partial charge in [-0.05, 0) is 17.7 Å². The number of hydrogen-bond acceptors (Lipinski definition) is 6. The predicted octanol–water partition coefficient (Wildman–Crippen LogP) is 1.94. The van der Waals surface area contributed by atoms with Gasteiger partial charge >= 0.3 is 12.1 Å². The van der Waals surface area contributed by atoms with Crippen LogP contribution in [0.25, 0.3) is 0 Å². The molecule has 4 amide bonds. The Morgan fingerprint density at radius 3 is 2.97 bits per heavy atom. The number of carbonyl (C=O) groups excluding carboxylic acids is 2. The maximum Gasteiger partial charge on any atom is 0.407 e. The van der Waals surface area contributed by atoms with E-state index in [1.54, 1.807) is 24.6 Å². The first-order valence-electron chi connectivity index (χ1n) is 9.40. The Hall–Kier alpha value is -3.25. The van der Waals surface area contributed by atoms with Crippen molar-refractivity contribution < 1.29 is 28.6 Å². The SMILES string of the molecule is CN(Cc1csc(NC(=O)NCc2cccc(F)c2)n1)C(=O)C1CN(C(=O)O)CCO1. The van der Waals surface area contributed by atoms with E-state index < -0.39 is 18.2 Å². The molecule has 166 valence electrons. The molecule has 0 aliphatic carbocycles. The minimum Gasteiger partial charge on any atom is -0.465 e. The number of nitrogens with one attached hydrogen (secondary N) is 2. The largest absolute Gasteiger partial charge is 0.465 e. The summed E-state index contributed by atoms with van der Waals surface area (Å²) in [5, 5.41) is 16.3. The molecule has 2 heterocycles. The molecule has 3 rings (SSSR count). The van der Waals surface area contributed by atoms with Gasteiger partial charge in [-0.2, -0.15) is 0 Å². The number of benzene rings is 1. The molecular weight excluding hydrogens is 429 g/mol. The number of anilines is 1. The van der Waals surface area contributed by atoms with Gasteiger partial charge < -0.3 is 25.0 Å². The van der Waals surface area contributed by atoms with Crippen molar-refractivity contribution in [1.29, 1.82) is 0 Å². The summed E-state index contributed by atoms with van der Waals surface area (Å²) in [6.07, 6.45) is -1.95. The van der Waals surface area contributed by atoms with Gasteiger partial charge in [0.1, 0.15) is 5.82 Å². The van der Waals surface area contributed by atoms with Crippen LogP contribution in [0.4, 0.5) is 19.1 Å². The molecular formula is C19H22FN5O5S. The van der Waals surface area contributed by atoms with Gasteiger partial charge in [-0.15, -0.1) is 11.3 Å². The van der Waals surface area contributed by atoms with Crippen molar-refractivity contribution in [2.75, 3.05) is 32.1 Å². The molecule has 1 atom stereocenters. The smallest absolute Gasteiger partial charge is 0.407 e. The lowest BCUT2D eigenvalue weighted by Crippen LogP contribution is -2.51. The van der Waals surface area contributed by atoms with Crippen molar-refractivity contribution in [1.82, 2.24) is 20.1 Å². The summed E-state index contributed by atoms with van der Waals surface area (Å²) in [6, 6.07) is 5.43. The zero-order chi connectivity index (χ0) is 22.4. The third-order valence-corrected chi connectivity index (χ3v) is 5.31. The van der Waals surface area contributed by atoms with Crippen molar-refractivity contribution in [3.63, 3.8) is 0 Å². The van der Waals surface area contributed by atoms with Gasteiger partial charge in [-0.1, -0.05) is 12.1 Å². The number of carboxylic acid groups (broad SMARTS) is 1. The number of hydrogen-bond donors (Lipinski definition) is 3. The van der Waals surface area contributed by atoms with Crippen molar-refractivity contribution in [2.24, 2.45) is 0 Å². The summed E-state index contributed by atoms with van der Waals surface area (Å²) in [5.74, 6) is -0.724. The highest BCUT2D eigenvalue weighted by atomic mass is 32.1. The maximum absolute atomic E-state index is 13.2. The van der Waals surface area contributed by atoms with E-state index in [0.29, 0.717) is 16.4 Å². The van der Waals surface area contributed by atoms with E-state index in [0.717, 1.165) is 4.90 Å². The minimum atomic E-state index is -1.09. The number of nitrogens with zero attached hydrogens (tertiary/aromatic N) is 3. The first-order chi connectivity index (χ1) is 14.8. The highest BCUT2D eigenvalue weighted by molar-refractivity contribution is 7.13. The van der Waals surface area contributed by atoms with Crippen molar-refractivity contribution in [3.05, 3.63) is 46.7 Å². The third kappa shape index (κ3) is 6.36. The number of ether oxygens (including phenoxy) is 1. The number of halogens is 1. The van der Waals surface area contributed by atoms with Crippen LogP contribution in [0.15, 0.2) is 29.6 Å². The van der Waals surface area contributed by atoms with Crippen LogP contribution in [0.2, 0.25) is 0 Å². The van der Waals surface area contributed by atoms with E-state index in [9.17, 15) is 18.8 Å². The summed E-state index contributed by atoms with van der Waals surface area (Å²) in [4.78, 5) is 42.5. The van der Waals surface area contributed by atoms with Crippen LogP contribution in [0, 0.1) is 5.82 Å². The number of urea groups is 1. The zero-order valence-electron chi connectivity index (χ0n) is 16.7. The summed E-state index contributed by atoms with van der Waals surface area (Å²) in [5.41, 5.74) is 1.19. The molecule has 1 aromatic carbocycles. The number of thiazole rings is 1. The third-order valence-electron chi connectivity index (χ3n) is 4.50. The predicted molar refractivity (Wildman–Crippen MR) is 110 cm³/mol. The van der Waals surface area contributed by atoms with Gasteiger partial charge in [0.05, 0.1) is 25.4 Å². The second-order valence-corrected chi connectivity index (χ2v) is 7.72. The number of carbonyl (C=O) groups is 3. The lowest BCUT2D eigenvalue weighted by molar-refractivity contribution is -0.147. The molecule has 0 saturated carbocycles. The van der Waals surface area contributed by atoms with E-state index in [2.05, 4.69) is 15.6 Å². The van der Waals surface area contributed by atoms with Crippen LogP contribution in [0.5, 0.6) is 0 Å². The molecule has 1 unspecified atom stereocenters. The molecule has 1 aliphatic heterocycles. The molecule has 0 bridgehead atoms. The van der Waals surface area contributed by atoms with Crippen LogP contribution < -0.4 is 10.6 Å². The van der Waals surface area contributed by atoms with Crippen LogP contribution >= 0.6 is 11.3 Å². The molecule has 1 aromatic heterocycles. The molecule has 31 heavy (non-hydrogen) atoms. The minimum absolute atomic E-state index is 0.0200. The van der Waals surface area contributed by atoms with Crippen molar-refractivity contribution in [2.45, 2.75) is 19.2 Å². The second kappa shape index (κ2) is 10.2. The van der Waals surface area contributed by atoms with E-state index >= 15 is 0 Å². The highest BCUT2D eigenvalue weighted by Crippen LogP contribution is 2.17. The fraction of sp³-hybridized carbons (Fsp3) is 0.368. The quantitative estimate of drug-likeness (QED) is 0.617. The topological polar surface area (TPSA) is 124 Å². The molecule has 2 aromatic rings. The van der Waals surface area contributed by atoms with Gasteiger partial charge in [0.2, 0.25) is 0 Å². The molecule has 3 N–H and O–H groups in total. The number of morpholine rings is 1. The van der Waals surface area contributed by atoms with Gasteiger partial charge in [0, 0.05) is 25.5 Å². The van der Waals surface area contributed by atoms with E-state index in [1.165, 1.54) is 28.4 Å². The van der Waals surface area contributed by atoms with Crippen LogP contribution in [-0.2, 0) is 22.6 Å². The lowest BCUT2D eigenvalue weighted by atomic mass is 10.2. The van der Waals surface area contributed by atoms with Crippen molar-refractivity contribution >= 4 is 34.5 Å². The molecule has 10 nitrogen and oxygen atoms in total. The normalized spacial score (nSPS) is 15.9. The van der Waals surface area contributed by atoms with Gasteiger partial charge in [0.25, 0.3) is 5.91 Å². The van der Waals surface area contributed by atoms with Gasteiger partial charge in [0.15, 0.2) is 11.2 Å². The van der Waals surface area contributed by atoms with E-state index in [-0.39, 0.29) is 44.5 Å². The Bertz CT molecular complexity index is 955. The zero-order valence-corrected chi connectivity index (χ0v) is 17.5. The fourth-order valence-electron chi connectivity index (χ4n) is 2.95. The summed E-state index contributed by atoms with van der Waals surface area (Å²) in [7, 11) is 1.57. The molecule has 12 heteroatoms. The second-order valence-electron chi connectivity index (χ2n) is 6.86. The van der Waals surface area contributed by atoms with Crippen LogP contribution in [0.1, 0.15) is 11.3 Å². The number of likely N-dealkylation sites (N-methyl/N-ethyl adjacent to an activating group) is 1. The van der Waals surface area contributed by atoms with Crippen LogP contribution in [0.3, 0.4) is 0 Å². The number of rotatable bonds is 6. The Labute approximate surface area is 181 Å². The summed E-state index contributed by atoms with van der Waals surface area (Å²) in [6.45, 7) is 0.702.